The maximum absolute atomic E-state index is 11.9. The van der Waals surface area contributed by atoms with Crippen LogP contribution in [0.1, 0.15) is 16.1 Å². The Morgan fingerprint density at radius 1 is 1.36 bits per heavy atom. The average molecular weight is 314 g/mol. The molecule has 1 aromatic heterocycles. The fraction of sp³-hybridized carbons (Fsp3) is 0.250. The van der Waals surface area contributed by atoms with Gasteiger partial charge in [-0.2, -0.15) is 0 Å². The van der Waals surface area contributed by atoms with Crippen LogP contribution in [0.5, 0.6) is 0 Å². The summed E-state index contributed by atoms with van der Waals surface area (Å²) in [6, 6.07) is 9.54. The number of nitrogens with one attached hydrogen (secondary N) is 2. The molecule has 0 bridgehead atoms. The summed E-state index contributed by atoms with van der Waals surface area (Å²) in [5.41, 5.74) is 2.15. The van der Waals surface area contributed by atoms with E-state index in [0.717, 1.165) is 30.8 Å². The number of amides is 2. The first kappa shape index (κ1) is 14.7. The van der Waals surface area contributed by atoms with E-state index in [1.807, 2.05) is 36.4 Å². The second-order valence-corrected chi connectivity index (χ2v) is 6.30. The first-order valence-corrected chi connectivity index (χ1v) is 7.98. The maximum Gasteiger partial charge on any atom is 0.325 e. The van der Waals surface area contributed by atoms with Crippen LogP contribution in [-0.4, -0.2) is 29.5 Å². The van der Waals surface area contributed by atoms with E-state index in [1.165, 1.54) is 4.88 Å². The number of benzene rings is 1. The van der Waals surface area contributed by atoms with Crippen molar-refractivity contribution in [3.05, 3.63) is 52.7 Å². The van der Waals surface area contributed by atoms with E-state index < -0.39 is 0 Å². The molecule has 6 heteroatoms. The summed E-state index contributed by atoms with van der Waals surface area (Å²) < 4.78 is 0. The number of fused-ring (bicyclic) bond motifs is 1. The van der Waals surface area contributed by atoms with Gasteiger partial charge in [0.25, 0.3) is 0 Å². The van der Waals surface area contributed by atoms with Crippen LogP contribution in [-0.2, 0) is 13.0 Å². The number of aromatic nitrogens is 1. The van der Waals surface area contributed by atoms with Crippen molar-refractivity contribution in [3.63, 3.8) is 0 Å². The van der Waals surface area contributed by atoms with Crippen molar-refractivity contribution in [3.8, 4) is 0 Å². The minimum Gasteiger partial charge on any atom is -0.314 e. The molecule has 0 aliphatic carbocycles. The van der Waals surface area contributed by atoms with Gasteiger partial charge in [0.1, 0.15) is 0 Å². The van der Waals surface area contributed by atoms with Gasteiger partial charge in [-0.25, -0.2) is 9.78 Å². The highest BCUT2D eigenvalue weighted by Gasteiger charge is 2.18. The van der Waals surface area contributed by atoms with Crippen LogP contribution in [0.3, 0.4) is 0 Å². The van der Waals surface area contributed by atoms with Gasteiger partial charge >= 0.3 is 6.03 Å². The monoisotopic (exact) mass is 314 g/mol. The second kappa shape index (κ2) is 6.72. The zero-order valence-electron chi connectivity index (χ0n) is 12.4. The zero-order valence-corrected chi connectivity index (χ0v) is 13.2. The summed E-state index contributed by atoms with van der Waals surface area (Å²) in [7, 11) is 2.09. The predicted octanol–water partition coefficient (Wildman–Crippen LogP) is 2.92. The van der Waals surface area contributed by atoms with Gasteiger partial charge in [-0.3, -0.25) is 5.32 Å². The molecule has 0 radical (unpaired) electrons. The Bertz CT molecular complexity index is 681. The number of urea groups is 1. The highest BCUT2D eigenvalue weighted by atomic mass is 32.1. The van der Waals surface area contributed by atoms with Gasteiger partial charge in [-0.15, -0.1) is 11.3 Å². The van der Waals surface area contributed by atoms with Gasteiger partial charge in [-0.1, -0.05) is 30.3 Å². The Balaban J connectivity index is 1.55. The van der Waals surface area contributed by atoms with E-state index in [-0.39, 0.29) is 6.03 Å². The van der Waals surface area contributed by atoms with E-state index >= 15 is 0 Å². The minimum absolute atomic E-state index is 0.272. The molecule has 0 saturated carbocycles. The summed E-state index contributed by atoms with van der Waals surface area (Å²) in [6.07, 6.45) is 4.42. The summed E-state index contributed by atoms with van der Waals surface area (Å²) in [6.45, 7) is 1.92. The van der Waals surface area contributed by atoms with Gasteiger partial charge in [-0.05, 0) is 18.7 Å². The lowest BCUT2D eigenvalue weighted by atomic mass is 10.2. The number of carbonyl (C=O) groups excluding carboxylic acids is 1. The van der Waals surface area contributed by atoms with E-state index in [1.54, 1.807) is 17.5 Å². The summed E-state index contributed by atoms with van der Waals surface area (Å²) in [5, 5.41) is 6.14. The predicted molar refractivity (Wildman–Crippen MR) is 89.8 cm³/mol. The van der Waals surface area contributed by atoms with Crippen molar-refractivity contribution in [2.24, 2.45) is 0 Å². The van der Waals surface area contributed by atoms with Crippen molar-refractivity contribution in [2.75, 3.05) is 18.9 Å². The number of hydrogen-bond donors (Lipinski definition) is 2. The number of anilines is 1. The van der Waals surface area contributed by atoms with Gasteiger partial charge in [0, 0.05) is 30.6 Å². The first-order valence-electron chi connectivity index (χ1n) is 7.17. The van der Waals surface area contributed by atoms with Crippen LogP contribution in [0, 0.1) is 0 Å². The van der Waals surface area contributed by atoms with Crippen LogP contribution in [0.2, 0.25) is 0 Å². The van der Waals surface area contributed by atoms with Crippen LogP contribution in [0.15, 0.2) is 36.5 Å². The molecule has 22 heavy (non-hydrogen) atoms. The molecule has 0 fully saturated rings. The Labute approximate surface area is 133 Å². The number of thiazole rings is 1. The Hall–Kier alpha value is -2.18. The topological polar surface area (TPSA) is 57.3 Å². The lowest BCUT2D eigenvalue weighted by Gasteiger charge is -2.20. The number of hydrogen-bond acceptors (Lipinski definition) is 4. The number of rotatable bonds is 3. The van der Waals surface area contributed by atoms with Crippen LogP contribution >= 0.6 is 11.3 Å². The standard InChI is InChI=1S/C16H18N4OS/c1-20-10-8-13-14(11-20)22-16(18-13)19-15(21)17-9-7-12-5-3-2-4-6-12/h2-7,9H,8,10-11H2,1H3,(H2,17,18,19,21)/b9-7+. The third-order valence-corrected chi connectivity index (χ3v) is 4.43. The highest BCUT2D eigenvalue weighted by molar-refractivity contribution is 7.15. The lowest BCUT2D eigenvalue weighted by molar-refractivity contribution is 0.255. The van der Waals surface area contributed by atoms with Crippen molar-refractivity contribution < 1.29 is 4.79 Å². The summed E-state index contributed by atoms with van der Waals surface area (Å²) in [5.74, 6) is 0. The first-order chi connectivity index (χ1) is 10.7. The molecule has 2 heterocycles. The molecule has 3 rings (SSSR count). The normalized spacial score (nSPS) is 14.8. The largest absolute Gasteiger partial charge is 0.325 e. The minimum atomic E-state index is -0.272. The smallest absolute Gasteiger partial charge is 0.314 e. The molecule has 0 atom stereocenters. The molecule has 0 unspecified atom stereocenters. The quantitative estimate of drug-likeness (QED) is 0.916. The molecule has 114 valence electrons. The molecule has 2 N–H and O–H groups in total. The van der Waals surface area contributed by atoms with E-state index in [2.05, 4.69) is 27.6 Å². The number of carbonyl (C=O) groups is 1. The van der Waals surface area contributed by atoms with Crippen molar-refractivity contribution in [2.45, 2.75) is 13.0 Å². The third kappa shape index (κ3) is 3.72. The van der Waals surface area contributed by atoms with Crippen LogP contribution in [0.4, 0.5) is 9.93 Å². The maximum atomic E-state index is 11.9. The summed E-state index contributed by atoms with van der Waals surface area (Å²) in [4.78, 5) is 19.8. The van der Waals surface area contributed by atoms with Gasteiger partial charge in [0.15, 0.2) is 5.13 Å². The molecule has 1 aliphatic heterocycles. The van der Waals surface area contributed by atoms with Gasteiger partial charge in [0.05, 0.1) is 5.69 Å². The molecular weight excluding hydrogens is 296 g/mol. The van der Waals surface area contributed by atoms with Crippen LogP contribution < -0.4 is 10.6 Å². The third-order valence-electron chi connectivity index (χ3n) is 3.43. The lowest BCUT2D eigenvalue weighted by Crippen LogP contribution is -2.25. The Morgan fingerprint density at radius 2 is 2.18 bits per heavy atom. The average Bonchev–Trinajstić information content (AvgIpc) is 2.89. The Kier molecular flexibility index (Phi) is 4.50. The Morgan fingerprint density at radius 3 is 3.00 bits per heavy atom. The number of likely N-dealkylation sites (N-methyl/N-ethyl adjacent to an activating group) is 1. The second-order valence-electron chi connectivity index (χ2n) is 5.22. The summed E-state index contributed by atoms with van der Waals surface area (Å²) >= 11 is 1.55. The van der Waals surface area contributed by atoms with Crippen molar-refractivity contribution in [1.29, 1.82) is 0 Å². The molecule has 1 aromatic carbocycles. The SMILES string of the molecule is CN1CCc2nc(NC(=O)N/C=C/c3ccccc3)sc2C1. The van der Waals surface area contributed by atoms with Gasteiger partial charge in [0.2, 0.25) is 0 Å². The van der Waals surface area contributed by atoms with E-state index in [9.17, 15) is 4.79 Å². The fourth-order valence-corrected chi connectivity index (χ4v) is 3.37. The molecule has 2 aromatic rings. The molecular formula is C16H18N4OS. The van der Waals surface area contributed by atoms with Gasteiger partial charge < -0.3 is 10.2 Å². The van der Waals surface area contributed by atoms with Crippen molar-refractivity contribution in [1.82, 2.24) is 15.2 Å². The highest BCUT2D eigenvalue weighted by Crippen LogP contribution is 2.27. The fourth-order valence-electron chi connectivity index (χ4n) is 2.29. The molecule has 2 amide bonds. The molecule has 0 spiro atoms. The van der Waals surface area contributed by atoms with E-state index in [4.69, 9.17) is 0 Å². The molecule has 1 aliphatic rings. The molecule has 5 nitrogen and oxygen atoms in total. The van der Waals surface area contributed by atoms with Crippen LogP contribution in [0.25, 0.3) is 6.08 Å². The van der Waals surface area contributed by atoms with Crippen molar-refractivity contribution >= 4 is 28.6 Å². The molecule has 0 saturated heterocycles. The number of nitrogens with zero attached hydrogens (tertiary/aromatic N) is 2. The van der Waals surface area contributed by atoms with E-state index in [0.29, 0.717) is 5.13 Å². The zero-order chi connectivity index (χ0) is 15.4.